The van der Waals surface area contributed by atoms with Gasteiger partial charge >= 0.3 is 5.97 Å². The molecule has 5 nitrogen and oxygen atoms in total. The largest absolute Gasteiger partial charge is 0.490 e. The smallest absolute Gasteiger partial charge is 0.338 e. The number of esters is 1. The molecule has 26 heavy (non-hydrogen) atoms. The second kappa shape index (κ2) is 13.3. The minimum atomic E-state index is -0.356. The molecule has 0 aromatic heterocycles. The van der Waals surface area contributed by atoms with E-state index in [1.165, 1.54) is 0 Å². The number of unbranched alkanes of at least 4 members (excludes halogenated alkanes) is 2. The summed E-state index contributed by atoms with van der Waals surface area (Å²) in [5.74, 6) is 1.28. The van der Waals surface area contributed by atoms with Crippen LogP contribution in [0.4, 0.5) is 0 Å². The van der Waals surface area contributed by atoms with Gasteiger partial charge in [-0.05, 0) is 37.8 Å². The first-order valence-electron chi connectivity index (χ1n) is 9.91. The van der Waals surface area contributed by atoms with Crippen molar-refractivity contribution in [1.29, 1.82) is 0 Å². The van der Waals surface area contributed by atoms with Crippen molar-refractivity contribution in [3.8, 4) is 17.2 Å². The van der Waals surface area contributed by atoms with Crippen LogP contribution in [0, 0.1) is 0 Å². The normalized spacial score (nSPS) is 10.5. The van der Waals surface area contributed by atoms with Crippen LogP contribution in [0.3, 0.4) is 0 Å². The summed E-state index contributed by atoms with van der Waals surface area (Å²) in [6.07, 6.45) is 5.62. The molecule has 0 aliphatic rings. The van der Waals surface area contributed by atoms with Gasteiger partial charge in [0.1, 0.15) is 0 Å². The van der Waals surface area contributed by atoms with Crippen LogP contribution in [-0.2, 0) is 4.74 Å². The van der Waals surface area contributed by atoms with Crippen LogP contribution in [0.5, 0.6) is 17.2 Å². The molecule has 0 saturated heterocycles. The summed E-state index contributed by atoms with van der Waals surface area (Å²) < 4.78 is 22.9. The lowest BCUT2D eigenvalue weighted by Crippen LogP contribution is -2.10. The highest BCUT2D eigenvalue weighted by Gasteiger charge is 2.19. The van der Waals surface area contributed by atoms with Gasteiger partial charge in [0.05, 0.1) is 32.0 Å². The summed E-state index contributed by atoms with van der Waals surface area (Å²) in [6, 6.07) is 3.39. The SMILES string of the molecule is CCCCCOC(=O)c1cc(OCCC)c(OCCC)c(OCCC)c1. The number of hydrogen-bond acceptors (Lipinski definition) is 5. The second-order valence-corrected chi connectivity index (χ2v) is 6.19. The minimum absolute atomic E-state index is 0.356. The van der Waals surface area contributed by atoms with E-state index in [-0.39, 0.29) is 5.97 Å². The fourth-order valence-corrected chi connectivity index (χ4v) is 2.28. The molecule has 5 heteroatoms. The first-order chi connectivity index (χ1) is 12.7. The summed E-state index contributed by atoms with van der Waals surface area (Å²) in [5.41, 5.74) is 0.433. The van der Waals surface area contributed by atoms with Crippen LogP contribution >= 0.6 is 0 Å². The molecule has 0 radical (unpaired) electrons. The van der Waals surface area contributed by atoms with E-state index in [1.54, 1.807) is 12.1 Å². The van der Waals surface area contributed by atoms with Crippen LogP contribution < -0.4 is 14.2 Å². The van der Waals surface area contributed by atoms with Crippen LogP contribution in [0.2, 0.25) is 0 Å². The Morgan fingerprint density at radius 3 is 1.77 bits per heavy atom. The van der Waals surface area contributed by atoms with Crippen LogP contribution in [0.15, 0.2) is 12.1 Å². The zero-order valence-electron chi connectivity index (χ0n) is 16.8. The topological polar surface area (TPSA) is 54.0 Å². The van der Waals surface area contributed by atoms with Gasteiger partial charge in [-0.3, -0.25) is 0 Å². The summed E-state index contributed by atoms with van der Waals surface area (Å²) in [5, 5.41) is 0. The zero-order valence-corrected chi connectivity index (χ0v) is 16.8. The molecule has 0 aliphatic carbocycles. The van der Waals surface area contributed by atoms with Crippen molar-refractivity contribution in [3.63, 3.8) is 0 Å². The number of hydrogen-bond donors (Lipinski definition) is 0. The Bertz CT molecular complexity index is 498. The standard InChI is InChI=1S/C21H34O5/c1-5-9-10-14-26-21(22)17-15-18(23-11-6-2)20(25-13-8-4)19(16-17)24-12-7-3/h15-16H,5-14H2,1-4H3. The molecular weight excluding hydrogens is 332 g/mol. The summed E-state index contributed by atoms with van der Waals surface area (Å²) in [6.45, 7) is 10.3. The van der Waals surface area contributed by atoms with Gasteiger partial charge in [0, 0.05) is 0 Å². The van der Waals surface area contributed by atoms with Crippen LogP contribution in [0.1, 0.15) is 76.6 Å². The Hall–Kier alpha value is -1.91. The third-order valence-electron chi connectivity index (χ3n) is 3.61. The quantitative estimate of drug-likeness (QED) is 0.326. The lowest BCUT2D eigenvalue weighted by Gasteiger charge is -2.18. The fourth-order valence-electron chi connectivity index (χ4n) is 2.28. The lowest BCUT2D eigenvalue weighted by atomic mass is 10.1. The maximum atomic E-state index is 12.4. The molecule has 148 valence electrons. The Kier molecular flexibility index (Phi) is 11.3. The van der Waals surface area contributed by atoms with Gasteiger partial charge in [0.2, 0.25) is 5.75 Å². The van der Waals surface area contributed by atoms with Crippen molar-refractivity contribution in [1.82, 2.24) is 0 Å². The molecule has 0 heterocycles. The molecule has 0 N–H and O–H groups in total. The van der Waals surface area contributed by atoms with Gasteiger partial charge in [0.25, 0.3) is 0 Å². The van der Waals surface area contributed by atoms with Gasteiger partial charge in [-0.15, -0.1) is 0 Å². The molecule has 0 atom stereocenters. The Balaban J connectivity index is 3.06. The van der Waals surface area contributed by atoms with E-state index in [0.717, 1.165) is 38.5 Å². The van der Waals surface area contributed by atoms with E-state index in [4.69, 9.17) is 18.9 Å². The number of carbonyl (C=O) groups is 1. The Morgan fingerprint density at radius 1 is 0.731 bits per heavy atom. The van der Waals surface area contributed by atoms with E-state index in [0.29, 0.717) is 49.2 Å². The van der Waals surface area contributed by atoms with Crippen molar-refractivity contribution < 1.29 is 23.7 Å². The fraction of sp³-hybridized carbons (Fsp3) is 0.667. The monoisotopic (exact) mass is 366 g/mol. The van der Waals surface area contributed by atoms with Crippen molar-refractivity contribution >= 4 is 5.97 Å². The average molecular weight is 366 g/mol. The molecule has 1 rings (SSSR count). The number of rotatable bonds is 14. The molecule has 1 aromatic rings. The van der Waals surface area contributed by atoms with Crippen molar-refractivity contribution in [2.24, 2.45) is 0 Å². The van der Waals surface area contributed by atoms with E-state index < -0.39 is 0 Å². The van der Waals surface area contributed by atoms with Gasteiger partial charge in [0.15, 0.2) is 11.5 Å². The molecule has 0 spiro atoms. The van der Waals surface area contributed by atoms with Gasteiger partial charge in [-0.1, -0.05) is 40.5 Å². The molecule has 0 bridgehead atoms. The molecule has 0 unspecified atom stereocenters. The maximum absolute atomic E-state index is 12.4. The third kappa shape index (κ3) is 7.54. The highest BCUT2D eigenvalue weighted by Crippen LogP contribution is 2.39. The highest BCUT2D eigenvalue weighted by molar-refractivity contribution is 5.91. The first kappa shape index (κ1) is 22.1. The van der Waals surface area contributed by atoms with Gasteiger partial charge in [-0.25, -0.2) is 4.79 Å². The van der Waals surface area contributed by atoms with E-state index in [9.17, 15) is 4.79 Å². The summed E-state index contributed by atoms with van der Waals surface area (Å²) in [4.78, 5) is 12.4. The number of ether oxygens (including phenoxy) is 4. The molecule has 0 amide bonds. The van der Waals surface area contributed by atoms with Crippen LogP contribution in [-0.4, -0.2) is 32.4 Å². The van der Waals surface area contributed by atoms with E-state index in [2.05, 4.69) is 6.92 Å². The first-order valence-corrected chi connectivity index (χ1v) is 9.91. The summed E-state index contributed by atoms with van der Waals surface area (Å²) >= 11 is 0. The van der Waals surface area contributed by atoms with E-state index in [1.807, 2.05) is 20.8 Å². The van der Waals surface area contributed by atoms with Crippen molar-refractivity contribution in [2.45, 2.75) is 66.2 Å². The van der Waals surface area contributed by atoms with Crippen LogP contribution in [0.25, 0.3) is 0 Å². The molecule has 0 saturated carbocycles. The second-order valence-electron chi connectivity index (χ2n) is 6.19. The number of carbonyl (C=O) groups excluding carboxylic acids is 1. The predicted octanol–water partition coefficient (Wildman–Crippen LogP) is 5.40. The maximum Gasteiger partial charge on any atom is 0.338 e. The van der Waals surface area contributed by atoms with Gasteiger partial charge in [-0.2, -0.15) is 0 Å². The lowest BCUT2D eigenvalue weighted by molar-refractivity contribution is 0.0497. The van der Waals surface area contributed by atoms with Crippen molar-refractivity contribution in [2.75, 3.05) is 26.4 Å². The average Bonchev–Trinajstić information content (AvgIpc) is 2.66. The van der Waals surface area contributed by atoms with Gasteiger partial charge < -0.3 is 18.9 Å². The Morgan fingerprint density at radius 2 is 1.27 bits per heavy atom. The molecule has 1 aromatic carbocycles. The van der Waals surface area contributed by atoms with Crippen molar-refractivity contribution in [3.05, 3.63) is 17.7 Å². The predicted molar refractivity (Wildman–Crippen MR) is 104 cm³/mol. The molecule has 0 aliphatic heterocycles. The Labute approximate surface area is 158 Å². The molecule has 0 fully saturated rings. The van der Waals surface area contributed by atoms with E-state index >= 15 is 0 Å². The molecular formula is C21H34O5. The third-order valence-corrected chi connectivity index (χ3v) is 3.61. The minimum Gasteiger partial charge on any atom is -0.490 e. The highest BCUT2D eigenvalue weighted by atomic mass is 16.5. The number of benzene rings is 1. The summed E-state index contributed by atoms with van der Waals surface area (Å²) in [7, 11) is 0. The zero-order chi connectivity index (χ0) is 19.2.